The number of hydrogen-bond acceptors (Lipinski definition) is 4. The van der Waals surface area contributed by atoms with E-state index in [1.165, 1.54) is 12.0 Å². The van der Waals surface area contributed by atoms with E-state index in [-0.39, 0.29) is 11.7 Å². The third-order valence-corrected chi connectivity index (χ3v) is 6.78. The molecular formula is C28H31N5O. The van der Waals surface area contributed by atoms with Crippen LogP contribution in [0.3, 0.4) is 0 Å². The summed E-state index contributed by atoms with van der Waals surface area (Å²) in [7, 11) is 0. The monoisotopic (exact) mass is 453 g/mol. The van der Waals surface area contributed by atoms with E-state index in [0.29, 0.717) is 6.54 Å². The van der Waals surface area contributed by atoms with Crippen molar-refractivity contribution in [2.45, 2.75) is 46.6 Å². The second-order valence-electron chi connectivity index (χ2n) is 9.17. The Morgan fingerprint density at radius 3 is 2.32 bits per heavy atom. The highest BCUT2D eigenvalue weighted by atomic mass is 16.2. The van der Waals surface area contributed by atoms with E-state index in [1.54, 1.807) is 0 Å². The maximum atomic E-state index is 13.2. The quantitative estimate of drug-likeness (QED) is 0.447. The van der Waals surface area contributed by atoms with Crippen molar-refractivity contribution in [1.29, 1.82) is 0 Å². The molecule has 1 amide bonds. The van der Waals surface area contributed by atoms with Gasteiger partial charge in [-0.15, -0.1) is 0 Å². The summed E-state index contributed by atoms with van der Waals surface area (Å²) in [5.41, 5.74) is 6.35. The first-order chi connectivity index (χ1) is 16.5. The topological polar surface area (TPSA) is 63.1 Å². The minimum absolute atomic E-state index is 0.217. The van der Waals surface area contributed by atoms with Crippen molar-refractivity contribution < 1.29 is 4.79 Å². The zero-order valence-corrected chi connectivity index (χ0v) is 20.1. The molecule has 6 heteroatoms. The SMILES string of the molecule is Cc1ccc(CNC(=O)c2nc(N3CCCCC3)c3c(C)c(C)n(-c4ccccc4)c3n2)cc1. The number of hydrogen-bond donors (Lipinski definition) is 1. The molecule has 0 saturated carbocycles. The van der Waals surface area contributed by atoms with Gasteiger partial charge in [-0.25, -0.2) is 9.97 Å². The van der Waals surface area contributed by atoms with Gasteiger partial charge in [-0.05, 0) is 63.3 Å². The maximum Gasteiger partial charge on any atom is 0.289 e. The Hall–Kier alpha value is -3.67. The number of anilines is 1. The van der Waals surface area contributed by atoms with E-state index in [9.17, 15) is 4.79 Å². The molecule has 1 saturated heterocycles. The van der Waals surface area contributed by atoms with Crippen LogP contribution in [0.2, 0.25) is 0 Å². The second-order valence-corrected chi connectivity index (χ2v) is 9.17. The molecule has 174 valence electrons. The van der Waals surface area contributed by atoms with Gasteiger partial charge in [0, 0.05) is 31.0 Å². The van der Waals surface area contributed by atoms with Crippen LogP contribution in [0.5, 0.6) is 0 Å². The summed E-state index contributed by atoms with van der Waals surface area (Å²) >= 11 is 0. The predicted molar refractivity (Wildman–Crippen MR) is 137 cm³/mol. The molecule has 3 heterocycles. The molecule has 1 aliphatic heterocycles. The van der Waals surface area contributed by atoms with Crippen LogP contribution in [0.4, 0.5) is 5.82 Å². The second kappa shape index (κ2) is 9.29. The van der Waals surface area contributed by atoms with Crippen LogP contribution < -0.4 is 10.2 Å². The molecule has 1 aliphatic rings. The van der Waals surface area contributed by atoms with Crippen molar-refractivity contribution in [2.24, 2.45) is 0 Å². The van der Waals surface area contributed by atoms with Gasteiger partial charge in [-0.3, -0.25) is 9.36 Å². The Balaban J connectivity index is 1.60. The first-order valence-corrected chi connectivity index (χ1v) is 12.1. The molecule has 0 bridgehead atoms. The largest absolute Gasteiger partial charge is 0.356 e. The molecule has 0 aliphatic carbocycles. The van der Waals surface area contributed by atoms with E-state index in [2.05, 4.69) is 59.8 Å². The van der Waals surface area contributed by atoms with Crippen molar-refractivity contribution in [3.63, 3.8) is 0 Å². The third-order valence-electron chi connectivity index (χ3n) is 6.78. The van der Waals surface area contributed by atoms with E-state index >= 15 is 0 Å². The number of carbonyl (C=O) groups is 1. The van der Waals surface area contributed by atoms with Crippen molar-refractivity contribution in [3.05, 3.63) is 82.8 Å². The highest BCUT2D eigenvalue weighted by Gasteiger charge is 2.25. The number of nitrogens with one attached hydrogen (secondary N) is 1. The van der Waals surface area contributed by atoms with Crippen molar-refractivity contribution in [3.8, 4) is 5.69 Å². The van der Waals surface area contributed by atoms with Crippen molar-refractivity contribution in [2.75, 3.05) is 18.0 Å². The smallest absolute Gasteiger partial charge is 0.289 e. The van der Waals surface area contributed by atoms with Gasteiger partial charge in [0.2, 0.25) is 5.82 Å². The average molecular weight is 454 g/mol. The molecule has 2 aromatic heterocycles. The Morgan fingerprint density at radius 1 is 0.912 bits per heavy atom. The summed E-state index contributed by atoms with van der Waals surface area (Å²) in [5, 5.41) is 4.06. The number of nitrogens with zero attached hydrogens (tertiary/aromatic N) is 4. The predicted octanol–water partition coefficient (Wildman–Crippen LogP) is 5.27. The molecule has 1 fully saturated rings. The van der Waals surface area contributed by atoms with Gasteiger partial charge in [0.25, 0.3) is 5.91 Å². The number of carbonyl (C=O) groups excluding carboxylic acids is 1. The molecule has 5 rings (SSSR count). The Morgan fingerprint density at radius 2 is 1.62 bits per heavy atom. The molecular weight excluding hydrogens is 422 g/mol. The normalized spacial score (nSPS) is 13.9. The zero-order valence-electron chi connectivity index (χ0n) is 20.1. The molecule has 6 nitrogen and oxygen atoms in total. The standard InChI is InChI=1S/C28H31N5O/c1-19-12-14-22(15-13-19)18-29-28(34)25-30-26(32-16-8-5-9-17-32)24-20(2)21(3)33(27(24)31-25)23-10-6-4-7-11-23/h4,6-7,10-15H,5,8-9,16-18H2,1-3H3,(H,29,34). The van der Waals surface area contributed by atoms with Crippen LogP contribution in [0.1, 0.15) is 52.3 Å². The summed E-state index contributed by atoms with van der Waals surface area (Å²) in [4.78, 5) is 25.2. The van der Waals surface area contributed by atoms with Crippen LogP contribution in [0.25, 0.3) is 16.7 Å². The summed E-state index contributed by atoms with van der Waals surface area (Å²) in [5.74, 6) is 0.840. The zero-order chi connectivity index (χ0) is 23.7. The molecule has 2 aromatic carbocycles. The number of piperidine rings is 1. The lowest BCUT2D eigenvalue weighted by Crippen LogP contribution is -2.32. The van der Waals surface area contributed by atoms with Crippen LogP contribution in [0.15, 0.2) is 54.6 Å². The molecule has 34 heavy (non-hydrogen) atoms. The molecule has 0 spiro atoms. The van der Waals surface area contributed by atoms with Gasteiger partial charge in [-0.2, -0.15) is 0 Å². The highest BCUT2D eigenvalue weighted by molar-refractivity contribution is 5.98. The number of rotatable bonds is 5. The lowest BCUT2D eigenvalue weighted by molar-refractivity contribution is 0.0941. The van der Waals surface area contributed by atoms with E-state index in [1.807, 2.05) is 30.3 Å². The Kier molecular flexibility index (Phi) is 6.05. The number of aryl methyl sites for hydroxylation is 2. The number of amides is 1. The summed E-state index contributed by atoms with van der Waals surface area (Å²) in [6.45, 7) is 8.64. The Bertz CT molecular complexity index is 1320. The van der Waals surface area contributed by atoms with Gasteiger partial charge < -0.3 is 10.2 Å². The van der Waals surface area contributed by atoms with Crippen LogP contribution >= 0.6 is 0 Å². The first kappa shape index (κ1) is 22.1. The minimum Gasteiger partial charge on any atom is -0.356 e. The van der Waals surface area contributed by atoms with Gasteiger partial charge in [0.05, 0.1) is 5.39 Å². The molecule has 0 atom stereocenters. The number of aromatic nitrogens is 3. The van der Waals surface area contributed by atoms with Crippen molar-refractivity contribution in [1.82, 2.24) is 19.9 Å². The fourth-order valence-electron chi connectivity index (χ4n) is 4.74. The molecule has 1 N–H and O–H groups in total. The van der Waals surface area contributed by atoms with E-state index in [4.69, 9.17) is 9.97 Å². The maximum absolute atomic E-state index is 13.2. The van der Waals surface area contributed by atoms with E-state index in [0.717, 1.165) is 65.3 Å². The number of fused-ring (bicyclic) bond motifs is 1. The molecule has 4 aromatic rings. The van der Waals surface area contributed by atoms with Gasteiger partial charge in [0.1, 0.15) is 5.82 Å². The van der Waals surface area contributed by atoms with Crippen LogP contribution in [-0.4, -0.2) is 33.5 Å². The molecule has 0 radical (unpaired) electrons. The van der Waals surface area contributed by atoms with Crippen LogP contribution in [0, 0.1) is 20.8 Å². The fourth-order valence-corrected chi connectivity index (χ4v) is 4.74. The van der Waals surface area contributed by atoms with Crippen LogP contribution in [-0.2, 0) is 6.54 Å². The first-order valence-electron chi connectivity index (χ1n) is 12.1. The van der Waals surface area contributed by atoms with Gasteiger partial charge >= 0.3 is 0 Å². The minimum atomic E-state index is -0.253. The summed E-state index contributed by atoms with van der Waals surface area (Å²) in [6, 6.07) is 18.4. The lowest BCUT2D eigenvalue weighted by Gasteiger charge is -2.28. The lowest BCUT2D eigenvalue weighted by atomic mass is 10.1. The van der Waals surface area contributed by atoms with E-state index < -0.39 is 0 Å². The van der Waals surface area contributed by atoms with Gasteiger partial charge in [0.15, 0.2) is 5.65 Å². The average Bonchev–Trinajstić information content (AvgIpc) is 3.13. The summed E-state index contributed by atoms with van der Waals surface area (Å²) in [6.07, 6.45) is 3.51. The third kappa shape index (κ3) is 4.16. The fraction of sp³-hybridized carbons (Fsp3) is 0.321. The van der Waals surface area contributed by atoms with Crippen molar-refractivity contribution >= 4 is 22.8 Å². The molecule has 0 unspecified atom stereocenters. The number of benzene rings is 2. The Labute approximate surface area is 200 Å². The summed E-state index contributed by atoms with van der Waals surface area (Å²) < 4.78 is 2.15. The highest BCUT2D eigenvalue weighted by Crippen LogP contribution is 2.34. The van der Waals surface area contributed by atoms with Gasteiger partial charge in [-0.1, -0.05) is 48.0 Å². The number of para-hydroxylation sites is 1.